The topological polar surface area (TPSA) is 6.48 Å². The van der Waals surface area contributed by atoms with E-state index in [0.717, 1.165) is 34.1 Å². The fraction of sp³-hybridized carbons (Fsp3) is 0.107. The first-order valence-electron chi connectivity index (χ1n) is 20.4. The largest absolute Gasteiger partial charge is 0.310 e. The Balaban J connectivity index is 1.28. The second-order valence-corrected chi connectivity index (χ2v) is 15.7. The van der Waals surface area contributed by atoms with Crippen molar-refractivity contribution in [2.45, 2.75) is 40.5 Å². The van der Waals surface area contributed by atoms with E-state index in [1.807, 2.05) is 0 Å². The molecule has 0 saturated heterocycles. The van der Waals surface area contributed by atoms with E-state index in [1.165, 1.54) is 66.1 Å². The third-order valence-electron chi connectivity index (χ3n) is 11.5. The van der Waals surface area contributed by atoms with Crippen molar-refractivity contribution in [1.82, 2.24) is 0 Å². The van der Waals surface area contributed by atoms with Gasteiger partial charge in [0.25, 0.3) is 0 Å². The fourth-order valence-electron chi connectivity index (χ4n) is 8.95. The Morgan fingerprint density at radius 1 is 0.345 bits per heavy atom. The molecule has 282 valence electrons. The zero-order valence-corrected chi connectivity index (χ0v) is 33.9. The van der Waals surface area contributed by atoms with E-state index in [9.17, 15) is 0 Å². The summed E-state index contributed by atoms with van der Waals surface area (Å²) in [5.74, 6) is 0.347. The maximum Gasteiger partial charge on any atom is 0.0540 e. The van der Waals surface area contributed by atoms with Gasteiger partial charge in [0.15, 0.2) is 0 Å². The molecule has 58 heavy (non-hydrogen) atoms. The van der Waals surface area contributed by atoms with E-state index in [-0.39, 0.29) is 0 Å². The highest BCUT2D eigenvalue weighted by atomic mass is 15.1. The summed E-state index contributed by atoms with van der Waals surface area (Å²) in [5.41, 5.74) is 17.0. The van der Waals surface area contributed by atoms with Crippen LogP contribution in [0.25, 0.3) is 43.8 Å². The highest BCUT2D eigenvalue weighted by Crippen LogP contribution is 2.48. The number of para-hydroxylation sites is 2. The van der Waals surface area contributed by atoms with Gasteiger partial charge in [-0.15, -0.1) is 0 Å². The lowest BCUT2D eigenvalue weighted by Crippen LogP contribution is -2.12. The van der Waals surface area contributed by atoms with Crippen LogP contribution in [0.1, 0.15) is 42.0 Å². The average Bonchev–Trinajstić information content (AvgIpc) is 3.25. The predicted molar refractivity (Wildman–Crippen MR) is 250 cm³/mol. The van der Waals surface area contributed by atoms with Gasteiger partial charge in [-0.05, 0) is 143 Å². The standard InChI is InChI=1S/C56H48N2/c1-38(2)48-30-16-19-39(3)56(48)52-37-46(57(44-24-8-6-9-25-44)53-31-17-22-42-20-12-14-28-49(42)53)33-34-51(52)55-40(4)35-47(36-41(55)5)58(45-26-10-7-11-27-45)54-32-18-23-43-21-13-15-29-50(43)54/h6-38H,1-5H3. The molecular formula is C56H48N2. The van der Waals surface area contributed by atoms with Crippen molar-refractivity contribution in [3.8, 4) is 22.3 Å². The number of anilines is 6. The monoisotopic (exact) mass is 748 g/mol. The molecule has 2 nitrogen and oxygen atoms in total. The van der Waals surface area contributed by atoms with Crippen molar-refractivity contribution in [3.63, 3.8) is 0 Å². The smallest absolute Gasteiger partial charge is 0.0540 e. The molecule has 0 aromatic heterocycles. The molecule has 0 saturated carbocycles. The summed E-state index contributed by atoms with van der Waals surface area (Å²) >= 11 is 0. The lowest BCUT2D eigenvalue weighted by molar-refractivity contribution is 0.867. The normalized spacial score (nSPS) is 11.3. The number of fused-ring (bicyclic) bond motifs is 2. The molecule has 0 bridgehead atoms. The highest BCUT2D eigenvalue weighted by molar-refractivity contribution is 6.02. The number of aryl methyl sites for hydroxylation is 3. The molecular weight excluding hydrogens is 701 g/mol. The van der Waals surface area contributed by atoms with Crippen LogP contribution in [0.15, 0.2) is 194 Å². The quantitative estimate of drug-likeness (QED) is 0.145. The minimum Gasteiger partial charge on any atom is -0.310 e. The van der Waals surface area contributed by atoms with Gasteiger partial charge in [0.05, 0.1) is 11.4 Å². The van der Waals surface area contributed by atoms with Gasteiger partial charge in [0, 0.05) is 33.5 Å². The zero-order valence-electron chi connectivity index (χ0n) is 33.9. The summed E-state index contributed by atoms with van der Waals surface area (Å²) in [4.78, 5) is 4.84. The van der Waals surface area contributed by atoms with E-state index >= 15 is 0 Å². The molecule has 9 aromatic carbocycles. The summed E-state index contributed by atoms with van der Waals surface area (Å²) in [6.45, 7) is 11.4. The second-order valence-electron chi connectivity index (χ2n) is 15.7. The number of nitrogens with zero attached hydrogens (tertiary/aromatic N) is 2. The number of hydrogen-bond donors (Lipinski definition) is 0. The van der Waals surface area contributed by atoms with E-state index < -0.39 is 0 Å². The summed E-state index contributed by atoms with van der Waals surface area (Å²) < 4.78 is 0. The van der Waals surface area contributed by atoms with Gasteiger partial charge in [0.2, 0.25) is 0 Å². The van der Waals surface area contributed by atoms with Crippen LogP contribution in [-0.2, 0) is 0 Å². The van der Waals surface area contributed by atoms with Gasteiger partial charge >= 0.3 is 0 Å². The molecule has 2 heteroatoms. The predicted octanol–water partition coefficient (Wildman–Crippen LogP) is 16.3. The highest BCUT2D eigenvalue weighted by Gasteiger charge is 2.24. The minimum absolute atomic E-state index is 0.347. The summed E-state index contributed by atoms with van der Waals surface area (Å²) in [6, 6.07) is 70.8. The molecule has 0 spiro atoms. The molecule has 0 amide bonds. The van der Waals surface area contributed by atoms with Gasteiger partial charge in [-0.3, -0.25) is 0 Å². The molecule has 0 aliphatic heterocycles. The van der Waals surface area contributed by atoms with E-state index in [2.05, 4.69) is 239 Å². The molecule has 0 heterocycles. The van der Waals surface area contributed by atoms with E-state index in [1.54, 1.807) is 0 Å². The zero-order chi connectivity index (χ0) is 39.8. The van der Waals surface area contributed by atoms with Gasteiger partial charge in [0.1, 0.15) is 0 Å². The number of hydrogen-bond acceptors (Lipinski definition) is 2. The molecule has 9 aromatic rings. The van der Waals surface area contributed by atoms with Crippen LogP contribution < -0.4 is 9.80 Å². The third kappa shape index (κ3) is 6.71. The fourth-order valence-corrected chi connectivity index (χ4v) is 8.95. The van der Waals surface area contributed by atoms with Crippen LogP contribution in [0.3, 0.4) is 0 Å². The van der Waals surface area contributed by atoms with Crippen molar-refractivity contribution >= 4 is 55.7 Å². The first-order valence-corrected chi connectivity index (χ1v) is 20.4. The van der Waals surface area contributed by atoms with Crippen LogP contribution in [0.2, 0.25) is 0 Å². The van der Waals surface area contributed by atoms with Gasteiger partial charge in [-0.25, -0.2) is 0 Å². The van der Waals surface area contributed by atoms with Crippen LogP contribution in [0, 0.1) is 20.8 Å². The first kappa shape index (κ1) is 36.7. The van der Waals surface area contributed by atoms with Crippen LogP contribution >= 0.6 is 0 Å². The summed E-state index contributed by atoms with van der Waals surface area (Å²) in [7, 11) is 0. The number of rotatable bonds is 9. The molecule has 0 unspecified atom stereocenters. The molecule has 0 aliphatic carbocycles. The van der Waals surface area contributed by atoms with Crippen molar-refractivity contribution in [2.75, 3.05) is 9.80 Å². The Hall–Kier alpha value is -6.90. The van der Waals surface area contributed by atoms with Crippen molar-refractivity contribution in [2.24, 2.45) is 0 Å². The van der Waals surface area contributed by atoms with Crippen LogP contribution in [-0.4, -0.2) is 0 Å². The van der Waals surface area contributed by atoms with Crippen molar-refractivity contribution in [3.05, 3.63) is 216 Å². The van der Waals surface area contributed by atoms with Crippen LogP contribution in [0.5, 0.6) is 0 Å². The van der Waals surface area contributed by atoms with Crippen molar-refractivity contribution in [1.29, 1.82) is 0 Å². The van der Waals surface area contributed by atoms with Gasteiger partial charge < -0.3 is 9.80 Å². The molecule has 0 radical (unpaired) electrons. The molecule has 9 rings (SSSR count). The Morgan fingerprint density at radius 3 is 1.38 bits per heavy atom. The lowest BCUT2D eigenvalue weighted by Gasteiger charge is -2.30. The molecule has 0 atom stereocenters. The maximum absolute atomic E-state index is 2.44. The van der Waals surface area contributed by atoms with E-state index in [0.29, 0.717) is 5.92 Å². The summed E-state index contributed by atoms with van der Waals surface area (Å²) in [6.07, 6.45) is 0. The van der Waals surface area contributed by atoms with Crippen molar-refractivity contribution < 1.29 is 0 Å². The summed E-state index contributed by atoms with van der Waals surface area (Å²) in [5, 5.41) is 4.89. The maximum atomic E-state index is 2.44. The molecule has 0 N–H and O–H groups in total. The SMILES string of the molecule is Cc1cc(N(c2ccccc2)c2cccc3ccccc23)cc(C)c1-c1ccc(N(c2ccccc2)c2cccc3ccccc23)cc1-c1c(C)cccc1C(C)C. The lowest BCUT2D eigenvalue weighted by atomic mass is 9.83. The first-order chi connectivity index (χ1) is 28.4. The Labute approximate surface area is 343 Å². The van der Waals surface area contributed by atoms with Gasteiger partial charge in [-0.1, -0.05) is 147 Å². The Bertz CT molecular complexity index is 2870. The molecule has 0 fully saturated rings. The average molecular weight is 749 g/mol. The Morgan fingerprint density at radius 2 is 0.828 bits per heavy atom. The minimum atomic E-state index is 0.347. The Kier molecular flexibility index (Phi) is 9.85. The number of benzene rings is 9. The van der Waals surface area contributed by atoms with Gasteiger partial charge in [-0.2, -0.15) is 0 Å². The third-order valence-corrected chi connectivity index (χ3v) is 11.5. The molecule has 0 aliphatic rings. The van der Waals surface area contributed by atoms with Crippen LogP contribution in [0.4, 0.5) is 34.1 Å². The van der Waals surface area contributed by atoms with E-state index in [4.69, 9.17) is 0 Å². The second kappa shape index (κ2) is 15.6.